The van der Waals surface area contributed by atoms with Gasteiger partial charge >= 0.3 is 0 Å². The lowest BCUT2D eigenvalue weighted by Gasteiger charge is -2.13. The number of benzene rings is 1. The van der Waals surface area contributed by atoms with Gasteiger partial charge in [-0.15, -0.1) is 0 Å². The zero-order valence-electron chi connectivity index (χ0n) is 12.6. The number of rotatable bonds is 6. The van der Waals surface area contributed by atoms with E-state index in [0.717, 1.165) is 6.42 Å². The molecule has 3 N–H and O–H groups in total. The van der Waals surface area contributed by atoms with Crippen molar-refractivity contribution >= 4 is 29.1 Å². The van der Waals surface area contributed by atoms with Crippen LogP contribution < -0.4 is 11.1 Å². The molecule has 1 unspecified atom stereocenters. The predicted octanol–water partition coefficient (Wildman–Crippen LogP) is 2.36. The largest absolute Gasteiger partial charge is 0.345 e. The van der Waals surface area contributed by atoms with Gasteiger partial charge in [0, 0.05) is 26.2 Å². The highest BCUT2D eigenvalue weighted by Crippen LogP contribution is 2.22. The van der Waals surface area contributed by atoms with Crippen molar-refractivity contribution in [2.75, 3.05) is 26.0 Å². The number of nitrogens with two attached hydrogens (primary N) is 1. The Hall–Kier alpha value is -1.59. The van der Waals surface area contributed by atoms with E-state index in [9.17, 15) is 9.59 Å². The zero-order valence-corrected chi connectivity index (χ0v) is 13.4. The molecule has 0 aromatic heterocycles. The van der Waals surface area contributed by atoms with Crippen LogP contribution in [0.3, 0.4) is 0 Å². The van der Waals surface area contributed by atoms with Crippen LogP contribution in [0.2, 0.25) is 5.02 Å². The molecule has 1 rings (SSSR count). The minimum absolute atomic E-state index is 0.0964. The van der Waals surface area contributed by atoms with E-state index in [1.165, 1.54) is 4.90 Å². The molecule has 0 fully saturated rings. The molecular weight excluding hydrogens is 290 g/mol. The first-order chi connectivity index (χ1) is 9.85. The van der Waals surface area contributed by atoms with Crippen LogP contribution >= 0.6 is 11.6 Å². The van der Waals surface area contributed by atoms with Gasteiger partial charge < -0.3 is 16.0 Å². The van der Waals surface area contributed by atoms with E-state index in [0.29, 0.717) is 35.2 Å². The molecule has 0 saturated heterocycles. The molecule has 0 saturated carbocycles. The van der Waals surface area contributed by atoms with Gasteiger partial charge in [-0.05, 0) is 37.1 Å². The maximum absolute atomic E-state index is 12.0. The Morgan fingerprint density at radius 1 is 1.38 bits per heavy atom. The van der Waals surface area contributed by atoms with E-state index in [1.807, 2.05) is 6.92 Å². The summed E-state index contributed by atoms with van der Waals surface area (Å²) in [5.74, 6) is 0.0144. The molecule has 6 heteroatoms. The van der Waals surface area contributed by atoms with Crippen molar-refractivity contribution in [3.63, 3.8) is 0 Å². The number of halogens is 1. The summed E-state index contributed by atoms with van der Waals surface area (Å²) in [5.41, 5.74) is 6.46. The van der Waals surface area contributed by atoms with Gasteiger partial charge in [-0.2, -0.15) is 0 Å². The summed E-state index contributed by atoms with van der Waals surface area (Å²) in [6.07, 6.45) is 1.14. The van der Waals surface area contributed by atoms with Gasteiger partial charge in [0.1, 0.15) is 0 Å². The quantitative estimate of drug-likeness (QED) is 0.846. The minimum Gasteiger partial charge on any atom is -0.345 e. The molecule has 116 valence electrons. The van der Waals surface area contributed by atoms with E-state index in [4.69, 9.17) is 17.3 Å². The van der Waals surface area contributed by atoms with Gasteiger partial charge in [-0.1, -0.05) is 18.5 Å². The number of anilines is 1. The van der Waals surface area contributed by atoms with Crippen LogP contribution in [0.1, 0.15) is 30.1 Å². The van der Waals surface area contributed by atoms with Gasteiger partial charge in [0.2, 0.25) is 5.91 Å². The molecule has 0 aliphatic heterocycles. The fourth-order valence-electron chi connectivity index (χ4n) is 1.73. The first-order valence-corrected chi connectivity index (χ1v) is 7.24. The predicted molar refractivity (Wildman–Crippen MR) is 85.6 cm³/mol. The average Bonchev–Trinajstić information content (AvgIpc) is 2.45. The fraction of sp³-hybridized carbons (Fsp3) is 0.467. The molecule has 0 radical (unpaired) electrons. The first kappa shape index (κ1) is 17.5. The standard InChI is InChI=1S/C15H22ClN3O2/c1-10(9-17)4-7-14(20)18-11-5-6-13(16)12(8-11)15(21)19(2)3/h5-6,8,10H,4,7,9,17H2,1-3H3,(H,18,20). The molecule has 0 spiro atoms. The molecule has 5 nitrogen and oxygen atoms in total. The van der Waals surface area contributed by atoms with Crippen LogP contribution in [-0.2, 0) is 4.79 Å². The number of amides is 2. The fourth-order valence-corrected chi connectivity index (χ4v) is 1.93. The zero-order chi connectivity index (χ0) is 16.0. The SMILES string of the molecule is CC(CN)CCC(=O)Nc1ccc(Cl)c(C(=O)N(C)C)c1. The molecule has 0 heterocycles. The molecule has 1 atom stereocenters. The average molecular weight is 312 g/mol. The Morgan fingerprint density at radius 2 is 2.05 bits per heavy atom. The van der Waals surface area contributed by atoms with Gasteiger partial charge in [-0.25, -0.2) is 0 Å². The van der Waals surface area contributed by atoms with Crippen LogP contribution in [0.4, 0.5) is 5.69 Å². The van der Waals surface area contributed by atoms with E-state index in [1.54, 1.807) is 32.3 Å². The second kappa shape index (κ2) is 8.00. The highest BCUT2D eigenvalue weighted by molar-refractivity contribution is 6.34. The molecule has 21 heavy (non-hydrogen) atoms. The third-order valence-corrected chi connectivity index (χ3v) is 3.48. The third-order valence-electron chi connectivity index (χ3n) is 3.15. The van der Waals surface area contributed by atoms with Crippen molar-refractivity contribution in [2.24, 2.45) is 11.7 Å². The molecule has 2 amide bonds. The Labute approximate surface area is 130 Å². The number of carbonyl (C=O) groups excluding carboxylic acids is 2. The topological polar surface area (TPSA) is 75.4 Å². The highest BCUT2D eigenvalue weighted by Gasteiger charge is 2.14. The van der Waals surface area contributed by atoms with Crippen molar-refractivity contribution in [1.29, 1.82) is 0 Å². The number of nitrogens with zero attached hydrogens (tertiary/aromatic N) is 1. The summed E-state index contributed by atoms with van der Waals surface area (Å²) in [6, 6.07) is 4.88. The van der Waals surface area contributed by atoms with Gasteiger partial charge in [0.05, 0.1) is 10.6 Å². The van der Waals surface area contributed by atoms with E-state index >= 15 is 0 Å². The van der Waals surface area contributed by atoms with Crippen LogP contribution in [-0.4, -0.2) is 37.4 Å². The summed E-state index contributed by atoms with van der Waals surface area (Å²) >= 11 is 6.02. The normalized spacial score (nSPS) is 11.9. The van der Waals surface area contributed by atoms with Crippen LogP contribution in [0.25, 0.3) is 0 Å². The second-order valence-electron chi connectivity index (χ2n) is 5.32. The second-order valence-corrected chi connectivity index (χ2v) is 5.73. The highest BCUT2D eigenvalue weighted by atomic mass is 35.5. The molecule has 0 bridgehead atoms. The van der Waals surface area contributed by atoms with Gasteiger partial charge in [-0.3, -0.25) is 9.59 Å². The summed E-state index contributed by atoms with van der Waals surface area (Å²) < 4.78 is 0. The van der Waals surface area contributed by atoms with E-state index in [2.05, 4.69) is 5.32 Å². The monoisotopic (exact) mass is 311 g/mol. The Bertz CT molecular complexity index is 518. The molecule has 1 aromatic rings. The molecule has 0 aliphatic rings. The van der Waals surface area contributed by atoms with Gasteiger partial charge in [0.25, 0.3) is 5.91 Å². The van der Waals surface area contributed by atoms with Crippen molar-refractivity contribution in [1.82, 2.24) is 4.90 Å². The van der Waals surface area contributed by atoms with Crippen LogP contribution in [0, 0.1) is 5.92 Å². The van der Waals surface area contributed by atoms with Gasteiger partial charge in [0.15, 0.2) is 0 Å². The summed E-state index contributed by atoms with van der Waals surface area (Å²) in [5, 5.41) is 3.14. The van der Waals surface area contributed by atoms with Crippen molar-refractivity contribution in [3.05, 3.63) is 28.8 Å². The van der Waals surface area contributed by atoms with Crippen molar-refractivity contribution in [3.8, 4) is 0 Å². The lowest BCUT2D eigenvalue weighted by Crippen LogP contribution is -2.22. The third kappa shape index (κ3) is 5.36. The Balaban J connectivity index is 2.74. The molecule has 1 aromatic carbocycles. The summed E-state index contributed by atoms with van der Waals surface area (Å²) in [4.78, 5) is 25.3. The van der Waals surface area contributed by atoms with Crippen molar-refractivity contribution in [2.45, 2.75) is 19.8 Å². The van der Waals surface area contributed by atoms with E-state index < -0.39 is 0 Å². The molecular formula is C15H22ClN3O2. The first-order valence-electron chi connectivity index (χ1n) is 6.86. The van der Waals surface area contributed by atoms with E-state index in [-0.39, 0.29) is 11.8 Å². The Kier molecular flexibility index (Phi) is 6.65. The maximum Gasteiger partial charge on any atom is 0.254 e. The minimum atomic E-state index is -0.201. The smallest absolute Gasteiger partial charge is 0.254 e. The summed E-state index contributed by atoms with van der Waals surface area (Å²) in [7, 11) is 3.30. The number of hydrogen-bond acceptors (Lipinski definition) is 3. The maximum atomic E-state index is 12.0. The molecule has 0 aliphatic carbocycles. The number of hydrogen-bond donors (Lipinski definition) is 2. The van der Waals surface area contributed by atoms with Crippen LogP contribution in [0.15, 0.2) is 18.2 Å². The lowest BCUT2D eigenvalue weighted by atomic mass is 10.1. The number of carbonyl (C=O) groups is 2. The Morgan fingerprint density at radius 3 is 2.62 bits per heavy atom. The number of nitrogens with one attached hydrogen (secondary N) is 1. The van der Waals surface area contributed by atoms with Crippen molar-refractivity contribution < 1.29 is 9.59 Å². The van der Waals surface area contributed by atoms with Crippen LogP contribution in [0.5, 0.6) is 0 Å². The summed E-state index contributed by atoms with van der Waals surface area (Å²) in [6.45, 7) is 2.57. The lowest BCUT2D eigenvalue weighted by molar-refractivity contribution is -0.116.